The zero-order chi connectivity index (χ0) is 33.6. The maximum atomic E-state index is 13.5. The lowest BCUT2D eigenvalue weighted by molar-refractivity contribution is -0.383. The van der Waals surface area contributed by atoms with Gasteiger partial charge in [-0.05, 0) is 30.5 Å². The van der Waals surface area contributed by atoms with Gasteiger partial charge in [0.05, 0.1) is 36.5 Å². The van der Waals surface area contributed by atoms with Crippen LogP contribution in [0.4, 0.5) is 24.5 Å². The SMILES string of the molecule is COC(=O)c1cc(OCCCNC(=O)C(F)(F)F)c2cccc(NC(=O)c3cc(OCC(C)C)c4cccc([N+](=O)[O-])c4n3)c2n1. The zero-order valence-corrected chi connectivity index (χ0v) is 24.8. The molecule has 2 heterocycles. The number of hydrogen-bond acceptors (Lipinski definition) is 10. The number of esters is 1. The van der Waals surface area contributed by atoms with Gasteiger partial charge in [-0.25, -0.2) is 14.8 Å². The number of ether oxygens (including phenoxy) is 3. The largest absolute Gasteiger partial charge is 0.493 e. The Morgan fingerprint density at radius 3 is 2.24 bits per heavy atom. The van der Waals surface area contributed by atoms with Gasteiger partial charge in [-0.2, -0.15) is 13.2 Å². The Kier molecular flexibility index (Phi) is 10.2. The molecular weight excluding hydrogens is 615 g/mol. The highest BCUT2D eigenvalue weighted by Gasteiger charge is 2.38. The number of aromatic nitrogens is 2. The maximum Gasteiger partial charge on any atom is 0.471 e. The Balaban J connectivity index is 1.68. The normalized spacial score (nSPS) is 11.4. The van der Waals surface area contributed by atoms with Gasteiger partial charge in [-0.3, -0.25) is 19.7 Å². The molecule has 0 atom stereocenters. The van der Waals surface area contributed by atoms with Gasteiger partial charge in [-0.1, -0.05) is 26.0 Å². The number of carbonyl (C=O) groups is 3. The molecule has 2 amide bonds. The Morgan fingerprint density at radius 2 is 1.59 bits per heavy atom. The van der Waals surface area contributed by atoms with Crippen molar-refractivity contribution in [2.75, 3.05) is 32.2 Å². The summed E-state index contributed by atoms with van der Waals surface area (Å²) in [6.45, 7) is 3.63. The average Bonchev–Trinajstić information content (AvgIpc) is 3.01. The molecule has 2 N–H and O–H groups in total. The first kappa shape index (κ1) is 33.4. The fourth-order valence-corrected chi connectivity index (χ4v) is 4.23. The second kappa shape index (κ2) is 14.0. The van der Waals surface area contributed by atoms with E-state index in [-0.39, 0.29) is 77.4 Å². The van der Waals surface area contributed by atoms with Crippen molar-refractivity contribution < 1.29 is 46.7 Å². The van der Waals surface area contributed by atoms with Crippen LogP contribution in [0.1, 0.15) is 41.2 Å². The highest BCUT2D eigenvalue weighted by atomic mass is 19.4. The molecule has 0 aliphatic rings. The Bertz CT molecular complexity index is 1810. The minimum absolute atomic E-state index is 0.00337. The molecule has 13 nitrogen and oxygen atoms in total. The monoisotopic (exact) mass is 643 g/mol. The molecule has 0 spiro atoms. The van der Waals surface area contributed by atoms with E-state index in [1.807, 2.05) is 13.8 Å². The van der Waals surface area contributed by atoms with E-state index in [4.69, 9.17) is 14.2 Å². The summed E-state index contributed by atoms with van der Waals surface area (Å²) in [5.41, 5.74) is -0.548. The molecule has 16 heteroatoms. The number of nitrogens with one attached hydrogen (secondary N) is 2. The number of benzene rings is 2. The lowest BCUT2D eigenvalue weighted by Crippen LogP contribution is -2.37. The molecular formula is C30H28F3N5O8. The molecule has 0 saturated heterocycles. The summed E-state index contributed by atoms with van der Waals surface area (Å²) >= 11 is 0. The molecule has 4 aromatic rings. The quantitative estimate of drug-likeness (QED) is 0.0903. The molecule has 0 saturated carbocycles. The minimum atomic E-state index is -5.02. The van der Waals surface area contributed by atoms with Crippen LogP contribution in [0, 0.1) is 16.0 Å². The highest BCUT2D eigenvalue weighted by Crippen LogP contribution is 2.34. The van der Waals surface area contributed by atoms with Crippen molar-refractivity contribution in [1.82, 2.24) is 15.3 Å². The number of anilines is 1. The average molecular weight is 644 g/mol. The molecule has 0 bridgehead atoms. The number of nitro groups is 1. The van der Waals surface area contributed by atoms with Gasteiger partial charge in [0.25, 0.3) is 11.6 Å². The van der Waals surface area contributed by atoms with Crippen molar-refractivity contribution in [1.29, 1.82) is 0 Å². The second-order valence-corrected chi connectivity index (χ2v) is 10.2. The summed E-state index contributed by atoms with van der Waals surface area (Å²) in [6, 6.07) is 11.6. The van der Waals surface area contributed by atoms with E-state index in [1.54, 1.807) is 23.5 Å². The van der Waals surface area contributed by atoms with Crippen LogP contribution in [0.5, 0.6) is 11.5 Å². The van der Waals surface area contributed by atoms with E-state index in [9.17, 15) is 37.7 Å². The van der Waals surface area contributed by atoms with Crippen molar-refractivity contribution in [2.24, 2.45) is 5.92 Å². The molecule has 0 radical (unpaired) electrons. The summed E-state index contributed by atoms with van der Waals surface area (Å²) < 4.78 is 53.7. The predicted molar refractivity (Wildman–Crippen MR) is 159 cm³/mol. The Hall–Kier alpha value is -5.54. The maximum absolute atomic E-state index is 13.5. The van der Waals surface area contributed by atoms with E-state index in [0.29, 0.717) is 10.8 Å². The van der Waals surface area contributed by atoms with Gasteiger partial charge in [0.2, 0.25) is 0 Å². The van der Waals surface area contributed by atoms with Gasteiger partial charge in [0.15, 0.2) is 11.2 Å². The van der Waals surface area contributed by atoms with Gasteiger partial charge >= 0.3 is 18.1 Å². The topological polar surface area (TPSA) is 172 Å². The molecule has 0 aliphatic carbocycles. The van der Waals surface area contributed by atoms with Gasteiger partial charge < -0.3 is 24.8 Å². The molecule has 0 fully saturated rings. The summed E-state index contributed by atoms with van der Waals surface area (Å²) in [4.78, 5) is 56.7. The number of pyridine rings is 2. The summed E-state index contributed by atoms with van der Waals surface area (Å²) in [7, 11) is 1.13. The van der Waals surface area contributed by atoms with Gasteiger partial charge in [0, 0.05) is 35.5 Å². The summed E-state index contributed by atoms with van der Waals surface area (Å²) in [5, 5.41) is 16.8. The van der Waals surface area contributed by atoms with E-state index in [1.165, 1.54) is 30.3 Å². The van der Waals surface area contributed by atoms with Crippen molar-refractivity contribution in [3.05, 3.63) is 70.0 Å². The van der Waals surface area contributed by atoms with Crippen LogP contribution in [-0.4, -0.2) is 65.7 Å². The molecule has 4 rings (SSSR count). The van der Waals surface area contributed by atoms with Gasteiger partial charge in [0.1, 0.15) is 17.2 Å². The van der Waals surface area contributed by atoms with E-state index in [0.717, 1.165) is 7.11 Å². The molecule has 242 valence electrons. The molecule has 2 aromatic heterocycles. The van der Waals surface area contributed by atoms with Crippen molar-refractivity contribution in [2.45, 2.75) is 26.4 Å². The number of amides is 2. The number of nitrogens with zero attached hydrogens (tertiary/aromatic N) is 3. The lowest BCUT2D eigenvalue weighted by atomic mass is 10.1. The number of alkyl halides is 3. The number of carbonyl (C=O) groups excluding carboxylic acids is 3. The number of nitro benzene ring substituents is 1. The molecule has 2 aromatic carbocycles. The number of halogens is 3. The van der Waals surface area contributed by atoms with Crippen LogP contribution in [-0.2, 0) is 9.53 Å². The molecule has 46 heavy (non-hydrogen) atoms. The van der Waals surface area contributed by atoms with Crippen LogP contribution in [0.25, 0.3) is 21.8 Å². The molecule has 0 aliphatic heterocycles. The zero-order valence-electron chi connectivity index (χ0n) is 24.8. The lowest BCUT2D eigenvalue weighted by Gasteiger charge is -2.15. The van der Waals surface area contributed by atoms with Crippen LogP contribution in [0.2, 0.25) is 0 Å². The summed E-state index contributed by atoms with van der Waals surface area (Å²) in [5.74, 6) is -3.24. The fraction of sp³-hybridized carbons (Fsp3) is 0.300. The van der Waals surface area contributed by atoms with E-state index < -0.39 is 28.9 Å². The van der Waals surface area contributed by atoms with Gasteiger partial charge in [-0.15, -0.1) is 0 Å². The third-order valence-electron chi connectivity index (χ3n) is 6.35. The van der Waals surface area contributed by atoms with Crippen LogP contribution in [0.3, 0.4) is 0 Å². The first-order valence-corrected chi connectivity index (χ1v) is 13.8. The van der Waals surface area contributed by atoms with Crippen molar-refractivity contribution >= 4 is 51.0 Å². The number of para-hydroxylation sites is 2. The first-order valence-electron chi connectivity index (χ1n) is 13.8. The minimum Gasteiger partial charge on any atom is -0.493 e. The summed E-state index contributed by atoms with van der Waals surface area (Å²) in [6.07, 6.45) is -5.02. The smallest absolute Gasteiger partial charge is 0.471 e. The van der Waals surface area contributed by atoms with Crippen molar-refractivity contribution in [3.63, 3.8) is 0 Å². The molecule has 0 unspecified atom stereocenters. The standard InChI is InChI=1S/C30H28F3N5O8/c1-16(2)15-46-24-13-20(35-26-18(24)8-5-10-22(26)38(42)43)27(39)37-19-9-4-7-17-23(14-21(28(40)44-3)36-25(17)19)45-12-6-11-34-29(41)30(31,32)33/h4-5,7-10,13-14,16H,6,11-12,15H2,1-3H3,(H,34,41)(H,37,39). The number of hydrogen-bond donors (Lipinski definition) is 2. The van der Waals surface area contributed by atoms with Crippen LogP contribution < -0.4 is 20.1 Å². The number of fused-ring (bicyclic) bond motifs is 2. The number of rotatable bonds is 12. The fourth-order valence-electron chi connectivity index (χ4n) is 4.23. The predicted octanol–water partition coefficient (Wildman–Crippen LogP) is 5.21. The highest BCUT2D eigenvalue weighted by molar-refractivity contribution is 6.10. The van der Waals surface area contributed by atoms with Crippen LogP contribution >= 0.6 is 0 Å². The van der Waals surface area contributed by atoms with Crippen LogP contribution in [0.15, 0.2) is 48.5 Å². The Labute approximate surface area is 259 Å². The third-order valence-corrected chi connectivity index (χ3v) is 6.35. The number of methoxy groups -OCH3 is 1. The second-order valence-electron chi connectivity index (χ2n) is 10.2. The Morgan fingerprint density at radius 1 is 0.957 bits per heavy atom. The first-order chi connectivity index (χ1) is 21.8. The van der Waals surface area contributed by atoms with Crippen molar-refractivity contribution in [3.8, 4) is 11.5 Å². The van der Waals surface area contributed by atoms with E-state index in [2.05, 4.69) is 15.3 Å². The number of non-ortho nitro benzene ring substituents is 1. The third kappa shape index (κ3) is 7.75. The van der Waals surface area contributed by atoms with E-state index >= 15 is 0 Å².